The van der Waals surface area contributed by atoms with Gasteiger partial charge in [-0.3, -0.25) is 0 Å². The molecule has 0 aliphatic heterocycles. The van der Waals surface area contributed by atoms with Gasteiger partial charge in [-0.2, -0.15) is 0 Å². The molecule has 0 spiro atoms. The smallest absolute Gasteiger partial charge is 0.160 e. The predicted octanol–water partition coefficient (Wildman–Crippen LogP) is 16.3. The number of para-hydroxylation sites is 1. The Bertz CT molecular complexity index is 3540. The van der Waals surface area contributed by atoms with Crippen LogP contribution in [0.5, 0.6) is 0 Å². The number of furan rings is 2. The van der Waals surface area contributed by atoms with Gasteiger partial charge in [0, 0.05) is 43.9 Å². The summed E-state index contributed by atoms with van der Waals surface area (Å²) < 4.78 is 13.6. The molecule has 276 valence electrons. The summed E-state index contributed by atoms with van der Waals surface area (Å²) in [7, 11) is 0. The third-order valence-electron chi connectivity index (χ3n) is 11.8. The van der Waals surface area contributed by atoms with Gasteiger partial charge in [-0.05, 0) is 92.5 Å². The molecule has 12 rings (SSSR count). The number of anilines is 3. The normalized spacial score (nSPS) is 11.7. The zero-order valence-corrected chi connectivity index (χ0v) is 32.0. The van der Waals surface area contributed by atoms with Crippen molar-refractivity contribution < 1.29 is 8.83 Å². The predicted molar refractivity (Wildman–Crippen MR) is 247 cm³/mol. The van der Waals surface area contributed by atoms with Gasteiger partial charge in [-0.15, -0.1) is 0 Å². The molecule has 0 atom stereocenters. The van der Waals surface area contributed by atoms with E-state index in [1.807, 2.05) is 6.07 Å². The summed E-state index contributed by atoms with van der Waals surface area (Å²) in [6, 6.07) is 75.6. The van der Waals surface area contributed by atoms with Crippen molar-refractivity contribution in [3.63, 3.8) is 0 Å². The fourth-order valence-electron chi connectivity index (χ4n) is 9.00. The monoisotopic (exact) mass is 753 g/mol. The fourth-order valence-corrected chi connectivity index (χ4v) is 9.00. The molecule has 12 aromatic rings. The van der Waals surface area contributed by atoms with Gasteiger partial charge >= 0.3 is 0 Å². The van der Waals surface area contributed by atoms with Crippen molar-refractivity contribution in [1.82, 2.24) is 0 Å². The maximum Gasteiger partial charge on any atom is 0.160 e. The van der Waals surface area contributed by atoms with Crippen molar-refractivity contribution in [2.75, 3.05) is 4.90 Å². The Morgan fingerprint density at radius 3 is 1.78 bits per heavy atom. The highest BCUT2D eigenvalue weighted by atomic mass is 16.3. The Morgan fingerprint density at radius 2 is 0.966 bits per heavy atom. The summed E-state index contributed by atoms with van der Waals surface area (Å²) >= 11 is 0. The molecular weight excluding hydrogens is 719 g/mol. The summed E-state index contributed by atoms with van der Waals surface area (Å²) in [6.45, 7) is 0. The Kier molecular flexibility index (Phi) is 7.54. The number of hydrogen-bond donors (Lipinski definition) is 0. The van der Waals surface area contributed by atoms with E-state index in [4.69, 9.17) is 8.83 Å². The maximum atomic E-state index is 7.12. The topological polar surface area (TPSA) is 29.5 Å². The van der Waals surface area contributed by atoms with E-state index in [1.165, 1.54) is 10.8 Å². The molecule has 0 saturated carbocycles. The second-order valence-corrected chi connectivity index (χ2v) is 15.2. The van der Waals surface area contributed by atoms with Crippen LogP contribution in [0.25, 0.3) is 98.8 Å². The molecule has 0 bridgehead atoms. The summed E-state index contributed by atoms with van der Waals surface area (Å²) in [6.07, 6.45) is 0. The molecule has 0 unspecified atom stereocenters. The van der Waals surface area contributed by atoms with E-state index in [-0.39, 0.29) is 0 Å². The van der Waals surface area contributed by atoms with Crippen molar-refractivity contribution in [3.05, 3.63) is 212 Å². The van der Waals surface area contributed by atoms with Crippen LogP contribution in [0, 0.1) is 0 Å². The molecule has 0 aliphatic rings. The minimum Gasteiger partial charge on any atom is -0.455 e. The lowest BCUT2D eigenvalue weighted by Gasteiger charge is -2.26. The van der Waals surface area contributed by atoms with E-state index in [9.17, 15) is 0 Å². The molecule has 10 aromatic carbocycles. The summed E-state index contributed by atoms with van der Waals surface area (Å²) in [5, 5.41) is 9.06. The van der Waals surface area contributed by atoms with Crippen LogP contribution in [0.15, 0.2) is 221 Å². The van der Waals surface area contributed by atoms with Crippen LogP contribution >= 0.6 is 0 Å². The van der Waals surface area contributed by atoms with Crippen molar-refractivity contribution in [3.8, 4) is 33.4 Å². The molecular formula is C56H35NO2. The molecule has 2 heterocycles. The first-order chi connectivity index (χ1) is 29.2. The standard InChI is InChI=1S/C56H35NO2/c1-3-13-38(14-4-1)45-31-32-51(56-53(45)49-30-25-40-17-9-10-19-46(40)55(49)59-56)57(44-29-24-36-12-7-8-18-41(36)34-44)43-27-22-37(23-28-43)42-26-33-52-50(35-42)48-21-11-20-47(54(48)58-52)39-15-5-2-6-16-39/h1-35H. The van der Waals surface area contributed by atoms with Crippen LogP contribution in [0.3, 0.4) is 0 Å². The lowest BCUT2D eigenvalue weighted by molar-refractivity contribution is 0.670. The van der Waals surface area contributed by atoms with Gasteiger partial charge in [0.25, 0.3) is 0 Å². The quantitative estimate of drug-likeness (QED) is 0.169. The van der Waals surface area contributed by atoms with E-state index >= 15 is 0 Å². The molecule has 59 heavy (non-hydrogen) atoms. The van der Waals surface area contributed by atoms with Crippen molar-refractivity contribution in [1.29, 1.82) is 0 Å². The van der Waals surface area contributed by atoms with E-state index < -0.39 is 0 Å². The third kappa shape index (κ3) is 5.44. The van der Waals surface area contributed by atoms with E-state index in [2.05, 4.69) is 211 Å². The molecule has 3 heteroatoms. The molecule has 0 radical (unpaired) electrons. The first-order valence-corrected chi connectivity index (χ1v) is 20.1. The molecule has 0 N–H and O–H groups in total. The number of benzene rings is 10. The average Bonchev–Trinajstić information content (AvgIpc) is 3.89. The van der Waals surface area contributed by atoms with Crippen LogP contribution in [0.1, 0.15) is 0 Å². The highest BCUT2D eigenvalue weighted by Crippen LogP contribution is 2.48. The minimum atomic E-state index is 0.849. The van der Waals surface area contributed by atoms with Crippen molar-refractivity contribution in [2.45, 2.75) is 0 Å². The van der Waals surface area contributed by atoms with Gasteiger partial charge in [-0.1, -0.05) is 164 Å². The van der Waals surface area contributed by atoms with Crippen molar-refractivity contribution >= 4 is 82.5 Å². The SMILES string of the molecule is c1ccc(-c2cccc3c2oc2ccc(-c4ccc(N(c5ccc6ccccc6c5)c5ccc(-c6ccccc6)c6c5oc5c7ccccc7ccc56)cc4)cc23)cc1. The van der Waals surface area contributed by atoms with Crippen LogP contribution in [-0.4, -0.2) is 0 Å². The molecule has 0 fully saturated rings. The van der Waals surface area contributed by atoms with Crippen molar-refractivity contribution in [2.24, 2.45) is 0 Å². The summed E-state index contributed by atoms with van der Waals surface area (Å²) in [5.74, 6) is 0. The molecule has 3 nitrogen and oxygen atoms in total. The summed E-state index contributed by atoms with van der Waals surface area (Å²) in [4.78, 5) is 2.34. The fraction of sp³-hybridized carbons (Fsp3) is 0. The minimum absolute atomic E-state index is 0.849. The Morgan fingerprint density at radius 1 is 0.305 bits per heavy atom. The Balaban J connectivity index is 1.04. The van der Waals surface area contributed by atoms with Gasteiger partial charge in [0.05, 0.1) is 5.69 Å². The molecule has 0 amide bonds. The summed E-state index contributed by atoms with van der Waals surface area (Å²) in [5.41, 5.74) is 13.4. The first kappa shape index (κ1) is 33.3. The van der Waals surface area contributed by atoms with E-state index in [0.29, 0.717) is 0 Å². The first-order valence-electron chi connectivity index (χ1n) is 20.1. The number of rotatable bonds is 6. The molecule has 0 saturated heterocycles. The molecule has 2 aromatic heterocycles. The van der Waals surface area contributed by atoms with Gasteiger partial charge < -0.3 is 13.7 Å². The second-order valence-electron chi connectivity index (χ2n) is 15.2. The van der Waals surface area contributed by atoms with Gasteiger partial charge in [0.15, 0.2) is 5.58 Å². The number of fused-ring (bicyclic) bond motifs is 9. The Labute approximate surface area is 340 Å². The largest absolute Gasteiger partial charge is 0.455 e. The van der Waals surface area contributed by atoms with Crippen LogP contribution in [-0.2, 0) is 0 Å². The lowest BCUT2D eigenvalue weighted by atomic mass is 9.97. The van der Waals surface area contributed by atoms with E-state index in [0.717, 1.165) is 105 Å². The van der Waals surface area contributed by atoms with Gasteiger partial charge in [0.2, 0.25) is 0 Å². The zero-order valence-electron chi connectivity index (χ0n) is 32.0. The third-order valence-corrected chi connectivity index (χ3v) is 11.8. The highest BCUT2D eigenvalue weighted by molar-refractivity contribution is 6.22. The van der Waals surface area contributed by atoms with Gasteiger partial charge in [0.1, 0.15) is 16.7 Å². The van der Waals surface area contributed by atoms with Crippen LogP contribution in [0.4, 0.5) is 17.1 Å². The van der Waals surface area contributed by atoms with Gasteiger partial charge in [-0.25, -0.2) is 0 Å². The number of hydrogen-bond acceptors (Lipinski definition) is 3. The maximum absolute atomic E-state index is 7.12. The number of nitrogens with zero attached hydrogens (tertiary/aromatic N) is 1. The zero-order chi connectivity index (χ0) is 38.9. The second kappa shape index (κ2) is 13.4. The lowest BCUT2D eigenvalue weighted by Crippen LogP contribution is -2.10. The van der Waals surface area contributed by atoms with Crippen LogP contribution < -0.4 is 4.90 Å². The Hall–Kier alpha value is -7.88. The highest BCUT2D eigenvalue weighted by Gasteiger charge is 2.23. The van der Waals surface area contributed by atoms with Crippen LogP contribution in [0.2, 0.25) is 0 Å². The average molecular weight is 754 g/mol. The van der Waals surface area contributed by atoms with E-state index in [1.54, 1.807) is 0 Å². The molecule has 0 aliphatic carbocycles.